The van der Waals surface area contributed by atoms with Crippen LogP contribution in [-0.4, -0.2) is 34.9 Å². The number of allylic oxidation sites excluding steroid dienone is 1. The molecule has 0 amide bonds. The molecular weight excluding hydrogens is 440 g/mol. The first-order valence-electron chi connectivity index (χ1n) is 13.8. The van der Waals surface area contributed by atoms with E-state index in [1.165, 1.54) is 0 Å². The van der Waals surface area contributed by atoms with E-state index in [4.69, 9.17) is 9.47 Å². The molecular formula is C30H42O5. The molecule has 2 heterocycles. The van der Waals surface area contributed by atoms with Crippen molar-refractivity contribution in [2.45, 2.75) is 104 Å². The third kappa shape index (κ3) is 2.80. The Balaban J connectivity index is 1.34. The monoisotopic (exact) mass is 482 g/mol. The van der Waals surface area contributed by atoms with Crippen LogP contribution < -0.4 is 0 Å². The Morgan fingerprint density at radius 2 is 1.83 bits per heavy atom. The number of fused-ring (bicyclic) bond motifs is 2. The molecule has 0 radical (unpaired) electrons. The normalized spacial score (nSPS) is 52.5. The van der Waals surface area contributed by atoms with Crippen LogP contribution in [0.5, 0.6) is 0 Å². The highest BCUT2D eigenvalue weighted by Gasteiger charge is 2.83. The number of ether oxygens (including phenoxy) is 2. The Hall–Kier alpha value is -1.62. The molecule has 1 N–H and O–H groups in total. The Kier molecular flexibility index (Phi) is 4.77. The van der Waals surface area contributed by atoms with Gasteiger partial charge in [0.2, 0.25) is 0 Å². The van der Waals surface area contributed by atoms with Crippen LogP contribution in [0.25, 0.3) is 0 Å². The highest BCUT2D eigenvalue weighted by Crippen LogP contribution is 2.87. The van der Waals surface area contributed by atoms with E-state index >= 15 is 0 Å². The van der Waals surface area contributed by atoms with Gasteiger partial charge in [-0.15, -0.1) is 0 Å². The number of aliphatic hydroxyl groups excluding tert-OH is 1. The molecule has 5 heteroatoms. The number of aliphatic hydroxyl groups is 1. The number of cyclic esters (lactones) is 2. The molecule has 0 saturated heterocycles. The molecule has 192 valence electrons. The standard InChI is InChI=1S/C30H42O5/c1-17-7-8-21(34-25(17)33)18(2)19-9-11-28(6)22-15-20(31)24-26(3,4)35-23(32)10-12-30(24)16-29(22,30)14-13-27(19,28)5/h7,10,12,18-22,24,31H,8-9,11,13-16H2,1-6H3/t18-,19+,20+,21-,22+,24-,27+,28-,29-,30+/m0/s1. The molecule has 6 rings (SSSR count). The maximum Gasteiger partial charge on any atom is 0.333 e. The van der Waals surface area contributed by atoms with Gasteiger partial charge < -0.3 is 14.6 Å². The van der Waals surface area contributed by atoms with E-state index < -0.39 is 11.7 Å². The molecule has 5 nitrogen and oxygen atoms in total. The summed E-state index contributed by atoms with van der Waals surface area (Å²) >= 11 is 0. The predicted molar refractivity (Wildman–Crippen MR) is 132 cm³/mol. The lowest BCUT2D eigenvalue weighted by molar-refractivity contribution is -0.188. The van der Waals surface area contributed by atoms with E-state index in [-0.39, 0.29) is 45.6 Å². The smallest absolute Gasteiger partial charge is 0.333 e. The summed E-state index contributed by atoms with van der Waals surface area (Å²) in [5, 5.41) is 11.6. The Labute approximate surface area is 209 Å². The maximum absolute atomic E-state index is 12.4. The zero-order valence-corrected chi connectivity index (χ0v) is 22.2. The highest BCUT2D eigenvalue weighted by molar-refractivity contribution is 5.88. The van der Waals surface area contributed by atoms with Gasteiger partial charge in [-0.1, -0.05) is 32.9 Å². The minimum absolute atomic E-state index is 0.0476. The second-order valence-electron chi connectivity index (χ2n) is 14.0. The van der Waals surface area contributed by atoms with E-state index in [2.05, 4.69) is 32.9 Å². The van der Waals surface area contributed by atoms with E-state index in [0.29, 0.717) is 17.8 Å². The van der Waals surface area contributed by atoms with Crippen molar-refractivity contribution in [2.75, 3.05) is 0 Å². The Morgan fingerprint density at radius 1 is 1.09 bits per heavy atom. The van der Waals surface area contributed by atoms with E-state index in [0.717, 1.165) is 50.5 Å². The van der Waals surface area contributed by atoms with Crippen LogP contribution in [0, 0.1) is 45.3 Å². The fourth-order valence-corrected chi connectivity index (χ4v) is 10.7. The number of rotatable bonds is 2. The van der Waals surface area contributed by atoms with Crippen LogP contribution >= 0.6 is 0 Å². The molecule has 10 atom stereocenters. The van der Waals surface area contributed by atoms with Gasteiger partial charge in [0.05, 0.1) is 6.10 Å². The summed E-state index contributed by atoms with van der Waals surface area (Å²) in [5.74, 6) is 0.711. The summed E-state index contributed by atoms with van der Waals surface area (Å²) in [7, 11) is 0. The first-order chi connectivity index (χ1) is 16.3. The third-order valence-electron chi connectivity index (χ3n) is 12.5. The number of esters is 2. The van der Waals surface area contributed by atoms with Gasteiger partial charge in [0.15, 0.2) is 0 Å². The topological polar surface area (TPSA) is 72.8 Å². The number of hydrogen-bond acceptors (Lipinski definition) is 5. The Bertz CT molecular complexity index is 1040. The molecule has 4 aliphatic carbocycles. The van der Waals surface area contributed by atoms with Gasteiger partial charge in [-0.3, -0.25) is 0 Å². The van der Waals surface area contributed by atoms with E-state index in [1.807, 2.05) is 20.8 Å². The molecule has 6 aliphatic rings. The second-order valence-corrected chi connectivity index (χ2v) is 14.0. The molecule has 4 fully saturated rings. The molecule has 0 unspecified atom stereocenters. The SMILES string of the molecule is CC1=CC[C@@H]([C@@H](C)[C@H]2CC[C@@]3(C)[C@H]4C[C@@H](O)[C@H]5C(C)(C)OC(=O)C=C[C@@]56C[C@@]46CC[C@]23C)OC1=O. The van der Waals surface area contributed by atoms with Crippen molar-refractivity contribution in [3.63, 3.8) is 0 Å². The van der Waals surface area contributed by atoms with Gasteiger partial charge in [-0.05, 0) is 93.3 Å². The molecule has 0 aromatic carbocycles. The summed E-state index contributed by atoms with van der Waals surface area (Å²) in [5.41, 5.74) is 0.278. The fourth-order valence-electron chi connectivity index (χ4n) is 10.7. The zero-order valence-electron chi connectivity index (χ0n) is 22.2. The fraction of sp³-hybridized carbons (Fsp3) is 0.800. The second kappa shape index (κ2) is 7.02. The molecule has 0 bridgehead atoms. The van der Waals surface area contributed by atoms with E-state index in [1.54, 1.807) is 6.08 Å². The minimum atomic E-state index is -0.681. The lowest BCUT2D eigenvalue weighted by Crippen LogP contribution is -2.59. The van der Waals surface area contributed by atoms with Gasteiger partial charge in [0.1, 0.15) is 11.7 Å². The van der Waals surface area contributed by atoms with Gasteiger partial charge in [-0.25, -0.2) is 9.59 Å². The van der Waals surface area contributed by atoms with Crippen molar-refractivity contribution in [1.82, 2.24) is 0 Å². The van der Waals surface area contributed by atoms with Crippen LogP contribution in [0.3, 0.4) is 0 Å². The highest BCUT2D eigenvalue weighted by atomic mass is 16.6. The van der Waals surface area contributed by atoms with Crippen molar-refractivity contribution in [3.8, 4) is 0 Å². The van der Waals surface area contributed by atoms with Gasteiger partial charge in [-0.2, -0.15) is 0 Å². The molecule has 2 aliphatic heterocycles. The van der Waals surface area contributed by atoms with Crippen LogP contribution in [0.15, 0.2) is 23.8 Å². The number of carbonyl (C=O) groups excluding carboxylic acids is 2. The van der Waals surface area contributed by atoms with Crippen LogP contribution in [0.2, 0.25) is 0 Å². The van der Waals surface area contributed by atoms with Crippen molar-refractivity contribution in [3.05, 3.63) is 23.8 Å². The average molecular weight is 483 g/mol. The third-order valence-corrected chi connectivity index (χ3v) is 12.5. The first kappa shape index (κ1) is 23.8. The van der Waals surface area contributed by atoms with Crippen molar-refractivity contribution in [1.29, 1.82) is 0 Å². The number of carbonyl (C=O) groups is 2. The average Bonchev–Trinajstić information content (AvgIpc) is 3.37. The van der Waals surface area contributed by atoms with E-state index in [9.17, 15) is 14.7 Å². The van der Waals surface area contributed by atoms with Crippen molar-refractivity contribution in [2.24, 2.45) is 45.3 Å². The van der Waals surface area contributed by atoms with Gasteiger partial charge in [0.25, 0.3) is 0 Å². The molecule has 0 aromatic rings. The molecule has 0 aromatic heterocycles. The van der Waals surface area contributed by atoms with Crippen LogP contribution in [-0.2, 0) is 19.1 Å². The Morgan fingerprint density at radius 3 is 2.54 bits per heavy atom. The summed E-state index contributed by atoms with van der Waals surface area (Å²) in [6.45, 7) is 13.1. The molecule has 4 saturated carbocycles. The van der Waals surface area contributed by atoms with Crippen molar-refractivity contribution < 1.29 is 24.2 Å². The largest absolute Gasteiger partial charge is 0.458 e. The molecule has 2 spiro atoms. The van der Waals surface area contributed by atoms with Gasteiger partial charge in [0, 0.05) is 29.4 Å². The minimum Gasteiger partial charge on any atom is -0.458 e. The van der Waals surface area contributed by atoms with Crippen LogP contribution in [0.4, 0.5) is 0 Å². The van der Waals surface area contributed by atoms with Crippen LogP contribution in [0.1, 0.15) is 86.5 Å². The summed E-state index contributed by atoms with van der Waals surface area (Å²) in [4.78, 5) is 24.7. The maximum atomic E-state index is 12.4. The number of hydrogen-bond donors (Lipinski definition) is 1. The quantitative estimate of drug-likeness (QED) is 0.536. The summed E-state index contributed by atoms with van der Waals surface area (Å²) < 4.78 is 11.7. The lowest BCUT2D eigenvalue weighted by atomic mass is 9.43. The van der Waals surface area contributed by atoms with Crippen molar-refractivity contribution >= 4 is 11.9 Å². The molecule has 35 heavy (non-hydrogen) atoms. The first-order valence-corrected chi connectivity index (χ1v) is 13.8. The zero-order chi connectivity index (χ0) is 25.2. The summed E-state index contributed by atoms with van der Waals surface area (Å²) in [6.07, 6.45) is 12.5. The predicted octanol–water partition coefficient (Wildman–Crippen LogP) is 5.37. The van der Waals surface area contributed by atoms with Gasteiger partial charge >= 0.3 is 11.9 Å². The lowest BCUT2D eigenvalue weighted by Gasteiger charge is -2.62. The summed E-state index contributed by atoms with van der Waals surface area (Å²) in [6, 6.07) is 0.